The van der Waals surface area contributed by atoms with Crippen LogP contribution in [0.4, 0.5) is 10.1 Å². The molecular formula is C21H21FN4O. The lowest BCUT2D eigenvalue weighted by atomic mass is 10.0. The molecule has 2 N–H and O–H groups in total. The smallest absolute Gasteiger partial charge is 0.257 e. The van der Waals surface area contributed by atoms with Crippen molar-refractivity contribution >= 4 is 11.6 Å². The van der Waals surface area contributed by atoms with Crippen LogP contribution < -0.4 is 5.32 Å². The highest BCUT2D eigenvalue weighted by molar-refractivity contribution is 5.99. The number of H-pyrrole nitrogens is 1. The number of benzene rings is 2. The fourth-order valence-corrected chi connectivity index (χ4v) is 3.54. The number of nitrogens with zero attached hydrogens (tertiary/aromatic N) is 2. The van der Waals surface area contributed by atoms with Crippen LogP contribution >= 0.6 is 0 Å². The molecule has 4 rings (SSSR count). The highest BCUT2D eigenvalue weighted by Crippen LogP contribution is 2.26. The second kappa shape index (κ2) is 7.61. The largest absolute Gasteiger partial charge is 0.381 e. The van der Waals surface area contributed by atoms with E-state index in [-0.39, 0.29) is 17.8 Å². The summed E-state index contributed by atoms with van der Waals surface area (Å²) in [6, 6.07) is 16.6. The molecular weight excluding hydrogens is 343 g/mol. The summed E-state index contributed by atoms with van der Waals surface area (Å²) in [5.41, 5.74) is 2.23. The molecule has 3 aromatic rings. The molecule has 0 unspecified atom stereocenters. The van der Waals surface area contributed by atoms with E-state index in [1.54, 1.807) is 18.2 Å². The van der Waals surface area contributed by atoms with E-state index in [0.717, 1.165) is 18.5 Å². The first-order valence-electron chi connectivity index (χ1n) is 9.11. The zero-order valence-corrected chi connectivity index (χ0v) is 14.9. The molecule has 0 bridgehead atoms. The van der Waals surface area contributed by atoms with Crippen molar-refractivity contribution in [2.24, 2.45) is 0 Å². The van der Waals surface area contributed by atoms with Crippen LogP contribution in [0.2, 0.25) is 0 Å². The molecule has 0 radical (unpaired) electrons. The number of para-hydroxylation sites is 1. The lowest BCUT2D eigenvalue weighted by Crippen LogP contribution is -2.45. The first-order valence-corrected chi connectivity index (χ1v) is 9.11. The van der Waals surface area contributed by atoms with Gasteiger partial charge in [0.25, 0.3) is 5.91 Å². The molecule has 0 saturated carbocycles. The van der Waals surface area contributed by atoms with Crippen LogP contribution in [0.1, 0.15) is 23.2 Å². The van der Waals surface area contributed by atoms with E-state index < -0.39 is 0 Å². The van der Waals surface area contributed by atoms with Crippen molar-refractivity contribution in [3.8, 4) is 11.3 Å². The van der Waals surface area contributed by atoms with Crippen LogP contribution in [0, 0.1) is 5.82 Å². The van der Waals surface area contributed by atoms with Crippen LogP contribution in [0.25, 0.3) is 11.3 Å². The molecule has 1 fully saturated rings. The van der Waals surface area contributed by atoms with E-state index in [4.69, 9.17) is 0 Å². The third kappa shape index (κ3) is 3.69. The van der Waals surface area contributed by atoms with Crippen LogP contribution in [-0.2, 0) is 0 Å². The Morgan fingerprint density at radius 2 is 1.93 bits per heavy atom. The SMILES string of the molecule is O=C(c1cn[nH]c1-c1ccccc1F)N1CCC[C@H](Nc2ccccc2)C1. The maximum Gasteiger partial charge on any atom is 0.257 e. The molecule has 1 aromatic heterocycles. The Kier molecular flexibility index (Phi) is 4.87. The second-order valence-corrected chi connectivity index (χ2v) is 6.74. The standard InChI is InChI=1S/C21H21FN4O/c22-19-11-5-4-10-17(19)20-18(13-23-25-20)21(27)26-12-6-9-16(14-26)24-15-7-2-1-3-8-15/h1-5,7-8,10-11,13,16,24H,6,9,12,14H2,(H,23,25)/t16-/m0/s1. The van der Waals surface area contributed by atoms with Gasteiger partial charge in [-0.05, 0) is 37.1 Å². The maximum absolute atomic E-state index is 14.2. The number of halogens is 1. The minimum atomic E-state index is -0.377. The topological polar surface area (TPSA) is 61.0 Å². The molecule has 1 aliphatic rings. The molecule has 0 spiro atoms. The fraction of sp³-hybridized carbons (Fsp3) is 0.238. The van der Waals surface area contributed by atoms with Crippen molar-refractivity contribution < 1.29 is 9.18 Å². The van der Waals surface area contributed by atoms with Gasteiger partial charge in [0.2, 0.25) is 0 Å². The Labute approximate surface area is 157 Å². The summed E-state index contributed by atoms with van der Waals surface area (Å²) in [6.45, 7) is 1.29. The van der Waals surface area contributed by atoms with Gasteiger partial charge in [0, 0.05) is 30.4 Å². The minimum Gasteiger partial charge on any atom is -0.381 e. The van der Waals surface area contributed by atoms with E-state index in [9.17, 15) is 9.18 Å². The van der Waals surface area contributed by atoms with Gasteiger partial charge in [-0.3, -0.25) is 9.89 Å². The minimum absolute atomic E-state index is 0.124. The molecule has 2 heterocycles. The van der Waals surface area contributed by atoms with Gasteiger partial charge in [0.05, 0.1) is 17.5 Å². The first kappa shape index (κ1) is 17.3. The normalized spacial score (nSPS) is 16.9. The number of likely N-dealkylation sites (tertiary alicyclic amines) is 1. The maximum atomic E-state index is 14.2. The number of aromatic amines is 1. The van der Waals surface area contributed by atoms with Gasteiger partial charge in [-0.25, -0.2) is 4.39 Å². The van der Waals surface area contributed by atoms with Crippen molar-refractivity contribution in [2.75, 3.05) is 18.4 Å². The Balaban J connectivity index is 1.52. The van der Waals surface area contributed by atoms with Crippen molar-refractivity contribution in [3.05, 3.63) is 72.2 Å². The number of hydrogen-bond donors (Lipinski definition) is 2. The predicted molar refractivity (Wildman–Crippen MR) is 103 cm³/mol. The third-order valence-corrected chi connectivity index (χ3v) is 4.87. The van der Waals surface area contributed by atoms with Crippen LogP contribution in [0.15, 0.2) is 60.8 Å². The van der Waals surface area contributed by atoms with Crippen molar-refractivity contribution in [2.45, 2.75) is 18.9 Å². The van der Waals surface area contributed by atoms with E-state index in [0.29, 0.717) is 29.9 Å². The quantitative estimate of drug-likeness (QED) is 0.737. The number of nitrogens with one attached hydrogen (secondary N) is 2. The first-order chi connectivity index (χ1) is 13.2. The van der Waals surface area contributed by atoms with Crippen molar-refractivity contribution in [1.82, 2.24) is 15.1 Å². The zero-order chi connectivity index (χ0) is 18.6. The van der Waals surface area contributed by atoms with Crippen molar-refractivity contribution in [3.63, 3.8) is 0 Å². The number of rotatable bonds is 4. The number of piperidine rings is 1. The van der Waals surface area contributed by atoms with Crippen molar-refractivity contribution in [1.29, 1.82) is 0 Å². The predicted octanol–water partition coefficient (Wildman–Crippen LogP) is 3.93. The van der Waals surface area contributed by atoms with Gasteiger partial charge in [-0.1, -0.05) is 30.3 Å². The summed E-state index contributed by atoms with van der Waals surface area (Å²) >= 11 is 0. The lowest BCUT2D eigenvalue weighted by molar-refractivity contribution is 0.0715. The highest BCUT2D eigenvalue weighted by Gasteiger charge is 2.27. The summed E-state index contributed by atoms with van der Waals surface area (Å²) in [6.07, 6.45) is 3.41. The molecule has 1 aliphatic heterocycles. The van der Waals surface area contributed by atoms with Gasteiger partial charge >= 0.3 is 0 Å². The van der Waals surface area contributed by atoms with Crippen LogP contribution in [-0.4, -0.2) is 40.1 Å². The zero-order valence-electron chi connectivity index (χ0n) is 14.9. The molecule has 138 valence electrons. The Morgan fingerprint density at radius 1 is 1.15 bits per heavy atom. The number of anilines is 1. The summed E-state index contributed by atoms with van der Waals surface area (Å²) in [7, 11) is 0. The van der Waals surface area contributed by atoms with Crippen LogP contribution in [0.3, 0.4) is 0 Å². The Bertz CT molecular complexity index is 925. The summed E-state index contributed by atoms with van der Waals surface area (Å²) < 4.78 is 14.2. The van der Waals surface area contributed by atoms with E-state index in [1.807, 2.05) is 35.2 Å². The molecule has 6 heteroatoms. The number of aromatic nitrogens is 2. The molecule has 0 aliphatic carbocycles. The third-order valence-electron chi connectivity index (χ3n) is 4.87. The Hall–Kier alpha value is -3.15. The van der Waals surface area contributed by atoms with E-state index >= 15 is 0 Å². The highest BCUT2D eigenvalue weighted by atomic mass is 19.1. The Morgan fingerprint density at radius 3 is 2.74 bits per heavy atom. The fourth-order valence-electron chi connectivity index (χ4n) is 3.54. The lowest BCUT2D eigenvalue weighted by Gasteiger charge is -2.33. The average molecular weight is 364 g/mol. The molecule has 1 atom stereocenters. The van der Waals surface area contributed by atoms with Gasteiger partial charge in [-0.15, -0.1) is 0 Å². The molecule has 1 saturated heterocycles. The van der Waals surface area contributed by atoms with Gasteiger partial charge in [0.15, 0.2) is 0 Å². The average Bonchev–Trinajstić information content (AvgIpc) is 3.18. The van der Waals surface area contributed by atoms with Gasteiger partial charge < -0.3 is 10.2 Å². The monoisotopic (exact) mass is 364 g/mol. The number of amides is 1. The molecule has 27 heavy (non-hydrogen) atoms. The van der Waals surface area contributed by atoms with Gasteiger partial charge in [0.1, 0.15) is 5.82 Å². The second-order valence-electron chi connectivity index (χ2n) is 6.74. The summed E-state index contributed by atoms with van der Waals surface area (Å²) in [4.78, 5) is 14.9. The summed E-state index contributed by atoms with van der Waals surface area (Å²) in [5.74, 6) is -0.500. The van der Waals surface area contributed by atoms with Crippen LogP contribution in [0.5, 0.6) is 0 Å². The molecule has 2 aromatic carbocycles. The number of carbonyl (C=O) groups is 1. The number of carbonyl (C=O) groups excluding carboxylic acids is 1. The summed E-state index contributed by atoms with van der Waals surface area (Å²) in [5, 5.41) is 10.3. The molecule has 1 amide bonds. The van der Waals surface area contributed by atoms with E-state index in [2.05, 4.69) is 15.5 Å². The number of hydrogen-bond acceptors (Lipinski definition) is 3. The van der Waals surface area contributed by atoms with Gasteiger partial charge in [-0.2, -0.15) is 5.10 Å². The molecule has 5 nitrogen and oxygen atoms in total. The van der Waals surface area contributed by atoms with E-state index in [1.165, 1.54) is 12.3 Å².